The van der Waals surface area contributed by atoms with Crippen molar-refractivity contribution in [2.45, 2.75) is 65.4 Å². The third kappa shape index (κ3) is 8.72. The lowest BCUT2D eigenvalue weighted by molar-refractivity contribution is -0.122. The highest BCUT2D eigenvalue weighted by Gasteiger charge is 2.21. The van der Waals surface area contributed by atoms with Crippen LogP contribution in [-0.4, -0.2) is 23.2 Å². The number of carbonyl (C=O) groups excluding carboxylic acids is 1. The van der Waals surface area contributed by atoms with E-state index in [-0.39, 0.29) is 5.91 Å². The highest BCUT2D eigenvalue weighted by atomic mass is 16.3. The first-order valence-electron chi connectivity index (χ1n) is 6.36. The van der Waals surface area contributed by atoms with Gasteiger partial charge in [-0.1, -0.05) is 27.2 Å². The van der Waals surface area contributed by atoms with Gasteiger partial charge >= 0.3 is 0 Å². The van der Waals surface area contributed by atoms with Gasteiger partial charge in [-0.05, 0) is 32.1 Å². The molecule has 0 aliphatic rings. The van der Waals surface area contributed by atoms with Crippen LogP contribution in [-0.2, 0) is 4.79 Å². The highest BCUT2D eigenvalue weighted by molar-refractivity contribution is 5.75. The number of carbonyl (C=O) groups is 1. The number of hydrogen-bond acceptors (Lipinski definition) is 2. The second-order valence-electron chi connectivity index (χ2n) is 5.31. The smallest absolute Gasteiger partial charge is 0.220 e. The second kappa shape index (κ2) is 7.66. The zero-order chi connectivity index (χ0) is 12.6. The van der Waals surface area contributed by atoms with Gasteiger partial charge in [-0.2, -0.15) is 0 Å². The summed E-state index contributed by atoms with van der Waals surface area (Å²) in [6.07, 6.45) is 4.23. The van der Waals surface area contributed by atoms with Crippen molar-refractivity contribution in [3.63, 3.8) is 0 Å². The van der Waals surface area contributed by atoms with Crippen LogP contribution in [0.25, 0.3) is 0 Å². The maximum atomic E-state index is 11.4. The first kappa shape index (κ1) is 15.4. The summed E-state index contributed by atoms with van der Waals surface area (Å²) >= 11 is 0. The molecule has 3 heteroatoms. The Morgan fingerprint density at radius 2 is 2.06 bits per heavy atom. The van der Waals surface area contributed by atoms with E-state index in [0.29, 0.717) is 18.9 Å². The summed E-state index contributed by atoms with van der Waals surface area (Å²) in [5.74, 6) is 0.633. The molecular weight excluding hydrogens is 202 g/mol. The van der Waals surface area contributed by atoms with Crippen molar-refractivity contribution in [1.82, 2.24) is 5.32 Å². The lowest BCUT2D eigenvalue weighted by atomic mass is 9.95. The minimum absolute atomic E-state index is 0.0478. The molecule has 0 aliphatic heterocycles. The molecule has 16 heavy (non-hydrogen) atoms. The zero-order valence-electron chi connectivity index (χ0n) is 11.2. The van der Waals surface area contributed by atoms with Gasteiger partial charge in [-0.25, -0.2) is 0 Å². The minimum Gasteiger partial charge on any atom is -0.388 e. The molecule has 0 saturated heterocycles. The summed E-state index contributed by atoms with van der Waals surface area (Å²) < 4.78 is 0. The Kier molecular flexibility index (Phi) is 7.39. The molecule has 0 aliphatic carbocycles. The summed E-state index contributed by atoms with van der Waals surface area (Å²) in [5.41, 5.74) is -0.772. The largest absolute Gasteiger partial charge is 0.388 e. The van der Waals surface area contributed by atoms with Crippen LogP contribution in [0.4, 0.5) is 0 Å². The molecule has 0 saturated carbocycles. The Bertz CT molecular complexity index is 200. The number of rotatable bonds is 8. The van der Waals surface area contributed by atoms with Crippen LogP contribution in [0, 0.1) is 5.92 Å². The van der Waals surface area contributed by atoms with Crippen molar-refractivity contribution >= 4 is 5.91 Å². The van der Waals surface area contributed by atoms with E-state index in [1.807, 2.05) is 0 Å². The zero-order valence-corrected chi connectivity index (χ0v) is 11.2. The van der Waals surface area contributed by atoms with Gasteiger partial charge in [0.2, 0.25) is 5.91 Å². The molecule has 0 fully saturated rings. The van der Waals surface area contributed by atoms with E-state index in [0.717, 1.165) is 25.7 Å². The van der Waals surface area contributed by atoms with E-state index in [1.54, 1.807) is 6.92 Å². The first-order valence-corrected chi connectivity index (χ1v) is 6.36. The van der Waals surface area contributed by atoms with Crippen LogP contribution >= 0.6 is 0 Å². The van der Waals surface area contributed by atoms with E-state index in [1.165, 1.54) is 0 Å². The summed E-state index contributed by atoms with van der Waals surface area (Å²) in [7, 11) is 0. The quantitative estimate of drug-likeness (QED) is 0.672. The second-order valence-corrected chi connectivity index (χ2v) is 5.31. The molecule has 3 nitrogen and oxygen atoms in total. The number of hydrogen-bond donors (Lipinski definition) is 2. The van der Waals surface area contributed by atoms with Gasteiger partial charge in [-0.3, -0.25) is 4.79 Å². The fourth-order valence-corrected chi connectivity index (χ4v) is 1.40. The summed E-state index contributed by atoms with van der Waals surface area (Å²) in [5, 5.41) is 12.8. The van der Waals surface area contributed by atoms with Gasteiger partial charge in [0.15, 0.2) is 0 Å². The lowest BCUT2D eigenvalue weighted by Crippen LogP contribution is -2.40. The fraction of sp³-hybridized carbons (Fsp3) is 0.923. The SMILES string of the molecule is CCCCC(=O)NCC(C)(O)CCC(C)C. The molecule has 0 heterocycles. The van der Waals surface area contributed by atoms with Gasteiger partial charge in [0, 0.05) is 13.0 Å². The number of nitrogens with one attached hydrogen (secondary N) is 1. The molecule has 2 N–H and O–H groups in total. The van der Waals surface area contributed by atoms with Crippen LogP contribution in [0.1, 0.15) is 59.8 Å². The Morgan fingerprint density at radius 3 is 2.56 bits per heavy atom. The molecule has 0 spiro atoms. The summed E-state index contributed by atoms with van der Waals surface area (Å²) in [4.78, 5) is 11.4. The predicted molar refractivity (Wildman–Crippen MR) is 67.2 cm³/mol. The van der Waals surface area contributed by atoms with Gasteiger partial charge in [-0.15, -0.1) is 0 Å². The first-order chi connectivity index (χ1) is 7.37. The van der Waals surface area contributed by atoms with Crippen LogP contribution in [0.2, 0.25) is 0 Å². The molecule has 0 aromatic rings. The van der Waals surface area contributed by atoms with Crippen molar-refractivity contribution in [3.8, 4) is 0 Å². The van der Waals surface area contributed by atoms with Gasteiger partial charge < -0.3 is 10.4 Å². The van der Waals surface area contributed by atoms with Crippen molar-refractivity contribution in [2.24, 2.45) is 5.92 Å². The molecule has 0 bridgehead atoms. The van der Waals surface area contributed by atoms with Crippen molar-refractivity contribution in [3.05, 3.63) is 0 Å². The molecule has 0 rings (SSSR count). The predicted octanol–water partition coefficient (Wildman–Crippen LogP) is 2.48. The van der Waals surface area contributed by atoms with Crippen LogP contribution in [0.5, 0.6) is 0 Å². The van der Waals surface area contributed by atoms with E-state index in [2.05, 4.69) is 26.1 Å². The molecule has 96 valence electrons. The lowest BCUT2D eigenvalue weighted by Gasteiger charge is -2.24. The Labute approximate surface area is 99.6 Å². The normalized spacial score (nSPS) is 14.9. The monoisotopic (exact) mass is 229 g/mol. The van der Waals surface area contributed by atoms with E-state index >= 15 is 0 Å². The van der Waals surface area contributed by atoms with Gasteiger partial charge in [0.25, 0.3) is 0 Å². The average Bonchev–Trinajstić information content (AvgIpc) is 2.21. The molecule has 1 atom stereocenters. The maximum Gasteiger partial charge on any atom is 0.220 e. The molecule has 0 radical (unpaired) electrons. The standard InChI is InChI=1S/C13H27NO2/c1-5-6-7-12(15)14-10-13(4,16)9-8-11(2)3/h11,16H,5-10H2,1-4H3,(H,14,15). The molecule has 1 amide bonds. The summed E-state index contributed by atoms with van der Waals surface area (Å²) in [6.45, 7) is 8.48. The third-order valence-corrected chi connectivity index (χ3v) is 2.68. The van der Waals surface area contributed by atoms with Crippen LogP contribution in [0.15, 0.2) is 0 Å². The topological polar surface area (TPSA) is 49.3 Å². The Balaban J connectivity index is 3.75. The molecule has 1 unspecified atom stereocenters. The maximum absolute atomic E-state index is 11.4. The number of unbranched alkanes of at least 4 members (excludes halogenated alkanes) is 1. The Morgan fingerprint density at radius 1 is 1.44 bits per heavy atom. The van der Waals surface area contributed by atoms with E-state index in [4.69, 9.17) is 0 Å². The van der Waals surface area contributed by atoms with Gasteiger partial charge in [0.1, 0.15) is 0 Å². The summed E-state index contributed by atoms with van der Waals surface area (Å²) in [6, 6.07) is 0. The fourth-order valence-electron chi connectivity index (χ4n) is 1.40. The molecular formula is C13H27NO2. The van der Waals surface area contributed by atoms with E-state index < -0.39 is 5.60 Å². The molecule has 0 aromatic heterocycles. The van der Waals surface area contributed by atoms with Crippen molar-refractivity contribution in [2.75, 3.05) is 6.54 Å². The minimum atomic E-state index is -0.772. The van der Waals surface area contributed by atoms with Crippen molar-refractivity contribution < 1.29 is 9.90 Å². The highest BCUT2D eigenvalue weighted by Crippen LogP contribution is 2.15. The van der Waals surface area contributed by atoms with Crippen LogP contribution < -0.4 is 5.32 Å². The number of aliphatic hydroxyl groups is 1. The van der Waals surface area contributed by atoms with Crippen LogP contribution in [0.3, 0.4) is 0 Å². The average molecular weight is 229 g/mol. The number of amides is 1. The van der Waals surface area contributed by atoms with Crippen molar-refractivity contribution in [1.29, 1.82) is 0 Å². The Hall–Kier alpha value is -0.570. The van der Waals surface area contributed by atoms with E-state index in [9.17, 15) is 9.90 Å². The van der Waals surface area contributed by atoms with Gasteiger partial charge in [0.05, 0.1) is 5.60 Å². The molecule has 0 aromatic carbocycles. The third-order valence-electron chi connectivity index (χ3n) is 2.68.